The summed E-state index contributed by atoms with van der Waals surface area (Å²) in [6.07, 6.45) is 0. The van der Waals surface area contributed by atoms with Gasteiger partial charge in [0, 0.05) is 6.07 Å². The van der Waals surface area contributed by atoms with Crippen molar-refractivity contribution in [3.63, 3.8) is 0 Å². The first kappa shape index (κ1) is 14.9. The van der Waals surface area contributed by atoms with Crippen molar-refractivity contribution in [2.24, 2.45) is 0 Å². The van der Waals surface area contributed by atoms with Crippen LogP contribution in [-0.4, -0.2) is 33.4 Å². The molecule has 0 saturated carbocycles. The van der Waals surface area contributed by atoms with Crippen molar-refractivity contribution in [2.45, 2.75) is 0 Å². The van der Waals surface area contributed by atoms with E-state index in [1.54, 1.807) is 0 Å². The number of nitrogens with zero attached hydrogens (tertiary/aromatic N) is 1. The van der Waals surface area contributed by atoms with Crippen LogP contribution in [-0.2, 0) is 9.59 Å². The summed E-state index contributed by atoms with van der Waals surface area (Å²) >= 11 is 0.860. The quantitative estimate of drug-likeness (QED) is 0.606. The van der Waals surface area contributed by atoms with Crippen LogP contribution in [0.5, 0.6) is 0 Å². The number of amides is 1. The van der Waals surface area contributed by atoms with Crippen molar-refractivity contribution >= 4 is 35.0 Å². The zero-order valence-corrected chi connectivity index (χ0v) is 10.3. The second-order valence-corrected chi connectivity index (χ2v) is 4.34. The van der Waals surface area contributed by atoms with Crippen molar-refractivity contribution in [3.8, 4) is 0 Å². The fraction of sp³-hybridized carbons (Fsp3) is 0.200. The molecule has 9 heteroatoms. The highest BCUT2D eigenvalue weighted by Crippen LogP contribution is 2.20. The predicted molar refractivity (Wildman–Crippen MR) is 66.6 cm³/mol. The second kappa shape index (κ2) is 6.69. The van der Waals surface area contributed by atoms with Crippen LogP contribution >= 0.6 is 11.8 Å². The Bertz CT molecular complexity index is 523. The van der Waals surface area contributed by atoms with E-state index < -0.39 is 28.3 Å². The van der Waals surface area contributed by atoms with Crippen LogP contribution in [0.15, 0.2) is 18.2 Å². The van der Waals surface area contributed by atoms with Gasteiger partial charge in [0.1, 0.15) is 0 Å². The molecule has 0 aliphatic rings. The van der Waals surface area contributed by atoms with Gasteiger partial charge >= 0.3 is 5.97 Å². The number of hydrogen-bond donors (Lipinski definition) is 2. The molecule has 102 valence electrons. The molecule has 0 bridgehead atoms. The largest absolute Gasteiger partial charge is 0.481 e. The number of carbonyl (C=O) groups excluding carboxylic acids is 1. The maximum Gasteiger partial charge on any atom is 0.313 e. The molecular formula is C10H9FN2O5S. The number of carboxylic acids is 1. The lowest BCUT2D eigenvalue weighted by Gasteiger charge is -2.05. The Morgan fingerprint density at radius 1 is 1.42 bits per heavy atom. The first-order valence-corrected chi connectivity index (χ1v) is 6.09. The summed E-state index contributed by atoms with van der Waals surface area (Å²) in [5.74, 6) is -2.96. The number of aliphatic carboxylic acids is 1. The number of anilines is 1. The van der Waals surface area contributed by atoms with Crippen molar-refractivity contribution in [2.75, 3.05) is 16.8 Å². The Kier molecular flexibility index (Phi) is 5.24. The van der Waals surface area contributed by atoms with Gasteiger partial charge in [0.05, 0.1) is 28.2 Å². The average molecular weight is 288 g/mol. The highest BCUT2D eigenvalue weighted by molar-refractivity contribution is 8.00. The molecule has 2 N–H and O–H groups in total. The molecule has 0 radical (unpaired) electrons. The molecule has 0 aromatic heterocycles. The zero-order valence-electron chi connectivity index (χ0n) is 9.46. The summed E-state index contributed by atoms with van der Waals surface area (Å²) in [5, 5.41) is 21.0. The summed E-state index contributed by atoms with van der Waals surface area (Å²) in [6, 6.07) is 2.83. The number of benzene rings is 1. The number of nitrogens with one attached hydrogen (secondary N) is 1. The minimum Gasteiger partial charge on any atom is -0.481 e. The predicted octanol–water partition coefficient (Wildman–Crippen LogP) is 1.49. The zero-order chi connectivity index (χ0) is 14.4. The van der Waals surface area contributed by atoms with Gasteiger partial charge in [-0.05, 0) is 6.07 Å². The van der Waals surface area contributed by atoms with Crippen molar-refractivity contribution in [1.82, 2.24) is 0 Å². The first-order valence-electron chi connectivity index (χ1n) is 4.93. The number of nitro groups is 1. The van der Waals surface area contributed by atoms with E-state index in [-0.39, 0.29) is 17.2 Å². The topological polar surface area (TPSA) is 110 Å². The molecule has 0 fully saturated rings. The lowest BCUT2D eigenvalue weighted by Crippen LogP contribution is -2.16. The summed E-state index contributed by atoms with van der Waals surface area (Å²) in [5.41, 5.74) is -0.609. The number of thioether (sulfide) groups is 1. The molecule has 1 amide bonds. The molecule has 1 aromatic carbocycles. The number of halogens is 1. The fourth-order valence-electron chi connectivity index (χ4n) is 1.14. The van der Waals surface area contributed by atoms with Gasteiger partial charge in [0.15, 0.2) is 5.82 Å². The van der Waals surface area contributed by atoms with Crippen molar-refractivity contribution in [3.05, 3.63) is 34.1 Å². The molecule has 0 heterocycles. The highest BCUT2D eigenvalue weighted by atomic mass is 32.2. The SMILES string of the molecule is O=C(O)CSCC(=O)Nc1ccc([N+](=O)[O-])cc1F. The fourth-order valence-corrected chi connectivity index (χ4v) is 1.67. The van der Waals surface area contributed by atoms with Crippen LogP contribution in [0.3, 0.4) is 0 Å². The second-order valence-electron chi connectivity index (χ2n) is 3.36. The Morgan fingerprint density at radius 2 is 2.11 bits per heavy atom. The van der Waals surface area contributed by atoms with E-state index in [0.29, 0.717) is 6.07 Å². The molecule has 0 saturated heterocycles. The van der Waals surface area contributed by atoms with Crippen LogP contribution in [0, 0.1) is 15.9 Å². The van der Waals surface area contributed by atoms with Crippen molar-refractivity contribution < 1.29 is 24.0 Å². The van der Waals surface area contributed by atoms with E-state index in [1.165, 1.54) is 0 Å². The van der Waals surface area contributed by atoms with Crippen LogP contribution < -0.4 is 5.32 Å². The minimum atomic E-state index is -1.06. The number of hydrogen-bond acceptors (Lipinski definition) is 5. The molecule has 1 rings (SSSR count). The van der Waals surface area contributed by atoms with Gasteiger partial charge in [-0.1, -0.05) is 0 Å². The van der Waals surface area contributed by atoms with Gasteiger partial charge < -0.3 is 10.4 Å². The summed E-state index contributed by atoms with van der Waals surface area (Å²) in [4.78, 5) is 31.2. The summed E-state index contributed by atoms with van der Waals surface area (Å²) in [7, 11) is 0. The lowest BCUT2D eigenvalue weighted by atomic mass is 10.2. The Balaban J connectivity index is 2.59. The lowest BCUT2D eigenvalue weighted by molar-refractivity contribution is -0.385. The van der Waals surface area contributed by atoms with Gasteiger partial charge in [-0.15, -0.1) is 11.8 Å². The van der Waals surface area contributed by atoms with Crippen molar-refractivity contribution in [1.29, 1.82) is 0 Å². The Labute approximate surface area is 110 Å². The van der Waals surface area contributed by atoms with E-state index in [0.717, 1.165) is 23.9 Å². The Hall–Kier alpha value is -2.16. The average Bonchev–Trinajstić information content (AvgIpc) is 2.31. The van der Waals surface area contributed by atoms with Gasteiger partial charge in [0.2, 0.25) is 5.91 Å². The molecule has 0 spiro atoms. The maximum absolute atomic E-state index is 13.4. The van der Waals surface area contributed by atoms with Gasteiger partial charge in [-0.3, -0.25) is 19.7 Å². The number of rotatable bonds is 6. The van der Waals surface area contributed by atoms with E-state index in [9.17, 15) is 24.1 Å². The number of carbonyl (C=O) groups is 2. The maximum atomic E-state index is 13.4. The molecule has 0 aliphatic heterocycles. The third kappa shape index (κ3) is 4.92. The molecule has 7 nitrogen and oxygen atoms in total. The molecule has 1 aromatic rings. The van der Waals surface area contributed by atoms with Crippen LogP contribution in [0.25, 0.3) is 0 Å². The molecule has 19 heavy (non-hydrogen) atoms. The number of carboxylic acid groups (broad SMARTS) is 1. The monoisotopic (exact) mass is 288 g/mol. The van der Waals surface area contributed by atoms with Crippen LogP contribution in [0.4, 0.5) is 15.8 Å². The normalized spacial score (nSPS) is 9.95. The number of non-ortho nitro benzene ring substituents is 1. The van der Waals surface area contributed by atoms with Crippen LogP contribution in [0.1, 0.15) is 0 Å². The molecule has 0 unspecified atom stereocenters. The van der Waals surface area contributed by atoms with E-state index in [4.69, 9.17) is 5.11 Å². The van der Waals surface area contributed by atoms with Gasteiger partial charge in [-0.25, -0.2) is 4.39 Å². The molecule has 0 aliphatic carbocycles. The number of nitro benzene ring substituents is 1. The van der Waals surface area contributed by atoms with Gasteiger partial charge in [0.25, 0.3) is 5.69 Å². The van der Waals surface area contributed by atoms with Crippen LogP contribution in [0.2, 0.25) is 0 Å². The van der Waals surface area contributed by atoms with E-state index in [1.807, 2.05) is 0 Å². The third-order valence-corrected chi connectivity index (χ3v) is 2.81. The first-order chi connectivity index (χ1) is 8.90. The van der Waals surface area contributed by atoms with E-state index in [2.05, 4.69) is 5.32 Å². The summed E-state index contributed by atoms with van der Waals surface area (Å²) in [6.45, 7) is 0. The molecule has 0 atom stereocenters. The Morgan fingerprint density at radius 3 is 2.63 bits per heavy atom. The molecular weight excluding hydrogens is 279 g/mol. The standard InChI is InChI=1S/C10H9FN2O5S/c11-7-3-6(13(17)18)1-2-8(7)12-9(14)4-19-5-10(15)16/h1-3H,4-5H2,(H,12,14)(H,15,16). The third-order valence-electron chi connectivity index (χ3n) is 1.90. The summed E-state index contributed by atoms with van der Waals surface area (Å²) < 4.78 is 13.4. The smallest absolute Gasteiger partial charge is 0.313 e. The van der Waals surface area contributed by atoms with Gasteiger partial charge in [-0.2, -0.15) is 0 Å². The highest BCUT2D eigenvalue weighted by Gasteiger charge is 2.12. The minimum absolute atomic E-state index is 0.150. The van der Waals surface area contributed by atoms with E-state index >= 15 is 0 Å².